The summed E-state index contributed by atoms with van der Waals surface area (Å²) in [6.45, 7) is -0.519. The lowest BCUT2D eigenvalue weighted by Crippen LogP contribution is -2.06. The second-order valence-electron chi connectivity index (χ2n) is 9.61. The number of alkyl halides is 2. The van der Waals surface area contributed by atoms with Crippen LogP contribution in [0.4, 0.5) is 22.0 Å². The van der Waals surface area contributed by atoms with Crippen LogP contribution in [0.25, 0.3) is 10.8 Å². The number of aryl methyl sites for hydroxylation is 4. The molecule has 0 atom stereocenters. The van der Waals surface area contributed by atoms with Gasteiger partial charge in [-0.05, 0) is 59.9 Å². The number of fused-ring (bicyclic) bond motifs is 1. The molecule has 0 saturated heterocycles. The summed E-state index contributed by atoms with van der Waals surface area (Å²) in [6, 6.07) is 10.8. The van der Waals surface area contributed by atoms with Gasteiger partial charge in [0.2, 0.25) is 0 Å². The highest BCUT2D eigenvalue weighted by molar-refractivity contribution is 5.84. The first kappa shape index (κ1) is 29.2. The molecule has 0 bridgehead atoms. The molecule has 4 rings (SSSR count). The molecular formula is C31H31F5N2O2. The lowest BCUT2D eigenvalue weighted by atomic mass is 9.98. The normalized spacial score (nSPS) is 11.4. The Hall–Kier alpha value is -3.75. The Morgan fingerprint density at radius 3 is 2.20 bits per heavy atom. The average molecular weight is 559 g/mol. The van der Waals surface area contributed by atoms with E-state index in [-0.39, 0.29) is 18.4 Å². The summed E-state index contributed by atoms with van der Waals surface area (Å²) < 4.78 is 77.5. The minimum Gasteiger partial charge on any atom is -0.490 e. The smallest absolute Gasteiger partial charge is 0.387 e. The number of benzene rings is 3. The Balaban J connectivity index is 1.34. The van der Waals surface area contributed by atoms with E-state index >= 15 is 4.39 Å². The van der Waals surface area contributed by atoms with Crippen LogP contribution >= 0.6 is 0 Å². The van der Waals surface area contributed by atoms with Gasteiger partial charge in [-0.1, -0.05) is 56.5 Å². The van der Waals surface area contributed by atoms with E-state index in [1.165, 1.54) is 12.8 Å². The number of ether oxygens (including phenoxy) is 2. The van der Waals surface area contributed by atoms with Gasteiger partial charge in [-0.3, -0.25) is 0 Å². The van der Waals surface area contributed by atoms with Gasteiger partial charge in [-0.2, -0.15) is 8.78 Å². The standard InChI is InChI=1S/C31H31F5N2O2/c1-2-3-4-5-14-39-24-18-37-28(38-19-24)13-8-20-7-12-25-23(15-20)11-10-22(29(25)34)9-6-21-16-26(32)30(27(33)17-21)40-31(35)36/h7,10-12,15-19,31H,2-6,8-9,13-14H2,1H3. The van der Waals surface area contributed by atoms with Crippen molar-refractivity contribution >= 4 is 10.8 Å². The van der Waals surface area contributed by atoms with Crippen molar-refractivity contribution in [3.8, 4) is 11.5 Å². The maximum atomic E-state index is 15.2. The number of aromatic nitrogens is 2. The zero-order valence-electron chi connectivity index (χ0n) is 22.2. The molecule has 1 heterocycles. The first-order valence-corrected chi connectivity index (χ1v) is 13.4. The molecule has 0 saturated carbocycles. The molecule has 0 spiro atoms. The van der Waals surface area contributed by atoms with Crippen molar-refractivity contribution in [2.45, 2.75) is 64.9 Å². The van der Waals surface area contributed by atoms with Gasteiger partial charge in [0.15, 0.2) is 23.1 Å². The quantitative estimate of drug-likeness (QED) is 0.116. The highest BCUT2D eigenvalue weighted by atomic mass is 19.3. The third-order valence-electron chi connectivity index (χ3n) is 6.63. The van der Waals surface area contributed by atoms with Crippen molar-refractivity contribution < 1.29 is 31.4 Å². The molecule has 0 amide bonds. The van der Waals surface area contributed by atoms with Crippen molar-refractivity contribution in [3.05, 3.63) is 94.8 Å². The molecule has 0 aliphatic rings. The third-order valence-corrected chi connectivity index (χ3v) is 6.63. The molecule has 4 nitrogen and oxygen atoms in total. The summed E-state index contributed by atoms with van der Waals surface area (Å²) >= 11 is 0. The summed E-state index contributed by atoms with van der Waals surface area (Å²) in [6.07, 6.45) is 9.50. The van der Waals surface area contributed by atoms with Gasteiger partial charge in [0.1, 0.15) is 11.6 Å². The summed E-state index contributed by atoms with van der Waals surface area (Å²) in [5, 5.41) is 1.17. The topological polar surface area (TPSA) is 44.2 Å². The van der Waals surface area contributed by atoms with Crippen LogP contribution in [0, 0.1) is 17.5 Å². The highest BCUT2D eigenvalue weighted by Gasteiger charge is 2.17. The van der Waals surface area contributed by atoms with Crippen LogP contribution in [-0.2, 0) is 25.7 Å². The number of nitrogens with zero attached hydrogens (tertiary/aromatic N) is 2. The fraction of sp³-hybridized carbons (Fsp3) is 0.355. The summed E-state index contributed by atoms with van der Waals surface area (Å²) in [5.74, 6) is -2.64. The number of unbranched alkanes of at least 4 members (excludes halogenated alkanes) is 3. The van der Waals surface area contributed by atoms with Crippen LogP contribution in [0.1, 0.15) is 55.1 Å². The Morgan fingerprint density at radius 2 is 1.50 bits per heavy atom. The van der Waals surface area contributed by atoms with Gasteiger partial charge in [0.05, 0.1) is 19.0 Å². The monoisotopic (exact) mass is 558 g/mol. The van der Waals surface area contributed by atoms with Gasteiger partial charge >= 0.3 is 6.61 Å². The lowest BCUT2D eigenvalue weighted by molar-refractivity contribution is -0.0546. The molecule has 3 aromatic carbocycles. The minimum absolute atomic E-state index is 0.117. The predicted molar refractivity (Wildman–Crippen MR) is 143 cm³/mol. The van der Waals surface area contributed by atoms with E-state index in [0.717, 1.165) is 35.9 Å². The maximum Gasteiger partial charge on any atom is 0.387 e. The number of hydrogen-bond acceptors (Lipinski definition) is 4. The second kappa shape index (κ2) is 14.1. The van der Waals surface area contributed by atoms with Crippen molar-refractivity contribution in [1.29, 1.82) is 0 Å². The molecule has 9 heteroatoms. The molecular weight excluding hydrogens is 527 g/mol. The van der Waals surface area contributed by atoms with E-state index in [4.69, 9.17) is 4.74 Å². The molecule has 0 unspecified atom stereocenters. The van der Waals surface area contributed by atoms with E-state index in [0.29, 0.717) is 42.0 Å². The van der Waals surface area contributed by atoms with Crippen LogP contribution in [0.5, 0.6) is 11.5 Å². The first-order chi connectivity index (χ1) is 19.3. The Bertz CT molecular complexity index is 1390. The van der Waals surface area contributed by atoms with Crippen LogP contribution in [0.3, 0.4) is 0 Å². The summed E-state index contributed by atoms with van der Waals surface area (Å²) in [4.78, 5) is 8.77. The van der Waals surface area contributed by atoms with Crippen molar-refractivity contribution in [3.63, 3.8) is 0 Å². The number of rotatable bonds is 14. The lowest BCUT2D eigenvalue weighted by Gasteiger charge is -2.11. The third kappa shape index (κ3) is 7.90. The van der Waals surface area contributed by atoms with Crippen molar-refractivity contribution in [2.24, 2.45) is 0 Å². The fourth-order valence-corrected chi connectivity index (χ4v) is 4.49. The van der Waals surface area contributed by atoms with E-state index in [9.17, 15) is 17.6 Å². The van der Waals surface area contributed by atoms with E-state index in [1.807, 2.05) is 12.1 Å². The highest BCUT2D eigenvalue weighted by Crippen LogP contribution is 2.27. The zero-order chi connectivity index (χ0) is 28.5. The van der Waals surface area contributed by atoms with E-state index < -0.39 is 29.8 Å². The predicted octanol–water partition coefficient (Wildman–Crippen LogP) is 8.18. The molecule has 0 aliphatic carbocycles. The average Bonchev–Trinajstić information content (AvgIpc) is 2.94. The molecule has 1 aromatic heterocycles. The van der Waals surface area contributed by atoms with Crippen molar-refractivity contribution in [2.75, 3.05) is 6.61 Å². The molecule has 40 heavy (non-hydrogen) atoms. The van der Waals surface area contributed by atoms with Gasteiger partial charge in [0, 0.05) is 11.8 Å². The van der Waals surface area contributed by atoms with E-state index in [1.54, 1.807) is 30.6 Å². The SMILES string of the molecule is CCCCCCOc1cnc(CCc2ccc3c(F)c(CCc4cc(F)c(OC(F)F)c(F)c4)ccc3c2)nc1. The van der Waals surface area contributed by atoms with Gasteiger partial charge in [0.25, 0.3) is 0 Å². The largest absolute Gasteiger partial charge is 0.490 e. The Kier molecular flexibility index (Phi) is 10.3. The zero-order valence-corrected chi connectivity index (χ0v) is 22.2. The van der Waals surface area contributed by atoms with Crippen molar-refractivity contribution in [1.82, 2.24) is 9.97 Å². The molecule has 0 aliphatic heterocycles. The van der Waals surface area contributed by atoms with E-state index in [2.05, 4.69) is 21.6 Å². The van der Waals surface area contributed by atoms with Crippen LogP contribution < -0.4 is 9.47 Å². The minimum atomic E-state index is -3.34. The van der Waals surface area contributed by atoms with Gasteiger partial charge < -0.3 is 9.47 Å². The molecule has 0 radical (unpaired) electrons. The molecule has 4 aromatic rings. The van der Waals surface area contributed by atoms with Crippen LogP contribution in [0.15, 0.2) is 54.9 Å². The summed E-state index contributed by atoms with van der Waals surface area (Å²) in [7, 11) is 0. The fourth-order valence-electron chi connectivity index (χ4n) is 4.49. The number of halogens is 5. The van der Waals surface area contributed by atoms with Gasteiger partial charge in [-0.15, -0.1) is 0 Å². The first-order valence-electron chi connectivity index (χ1n) is 13.4. The summed E-state index contributed by atoms with van der Waals surface area (Å²) in [5.41, 5.74) is 1.60. The number of hydrogen-bond donors (Lipinski definition) is 0. The van der Waals surface area contributed by atoms with Crippen LogP contribution in [0.2, 0.25) is 0 Å². The molecule has 0 N–H and O–H groups in total. The Labute approximate surface area is 230 Å². The van der Waals surface area contributed by atoms with Crippen LogP contribution in [-0.4, -0.2) is 23.2 Å². The Morgan fingerprint density at radius 1 is 0.775 bits per heavy atom. The molecule has 212 valence electrons. The molecule has 0 fully saturated rings. The van der Waals surface area contributed by atoms with Gasteiger partial charge in [-0.25, -0.2) is 23.1 Å². The second-order valence-corrected chi connectivity index (χ2v) is 9.61. The maximum absolute atomic E-state index is 15.2.